The van der Waals surface area contributed by atoms with Gasteiger partial charge in [0, 0.05) is 35.3 Å². The van der Waals surface area contributed by atoms with E-state index in [0.717, 1.165) is 28.8 Å². The topological polar surface area (TPSA) is 179 Å². The third kappa shape index (κ3) is 7.79. The third-order valence-corrected chi connectivity index (χ3v) is 10.3. The summed E-state index contributed by atoms with van der Waals surface area (Å²) in [6.07, 6.45) is 2.09. The highest BCUT2D eigenvalue weighted by Crippen LogP contribution is 2.42. The minimum atomic E-state index is -3.70. The van der Waals surface area contributed by atoms with E-state index in [4.69, 9.17) is 9.84 Å². The fraction of sp³-hybridized carbons (Fsp3) is 0.333. The van der Waals surface area contributed by atoms with E-state index in [2.05, 4.69) is 10.0 Å². The molecule has 0 spiro atoms. The van der Waals surface area contributed by atoms with Gasteiger partial charge in [0.05, 0.1) is 17.7 Å². The van der Waals surface area contributed by atoms with E-state index < -0.39 is 38.6 Å². The number of nitrogens with zero attached hydrogens (tertiary/aromatic N) is 1. The van der Waals surface area contributed by atoms with Crippen LogP contribution in [0.3, 0.4) is 0 Å². The minimum Gasteiger partial charge on any atom is -0.480 e. The largest absolute Gasteiger partial charge is 0.480 e. The lowest BCUT2D eigenvalue weighted by molar-refractivity contribution is -0.139. The molecule has 1 aliphatic heterocycles. The molecule has 15 heteroatoms. The molecule has 3 aromatic rings. The number of aromatic carboxylic acids is 1. The van der Waals surface area contributed by atoms with Crippen LogP contribution in [0.15, 0.2) is 48.5 Å². The molecule has 12 nitrogen and oxygen atoms in total. The molecule has 0 amide bonds. The molecule has 0 aliphatic carbocycles. The van der Waals surface area contributed by atoms with Gasteiger partial charge in [-0.25, -0.2) is 30.7 Å². The lowest BCUT2D eigenvalue weighted by Crippen LogP contribution is -2.42. The van der Waals surface area contributed by atoms with Crippen molar-refractivity contribution >= 4 is 54.7 Å². The zero-order chi connectivity index (χ0) is 30.7. The smallest absolute Gasteiger partial charge is 0.349 e. The Labute approximate surface area is 248 Å². The SMILES string of the molecule is Cc1c(-c2cccc(NC3CCN(S(=O)(=O)Cc4ccccc4NS(C)(=O)=O)CC3)c2)sc(C(=O)O)c1OCC(=O)O. The van der Waals surface area contributed by atoms with Gasteiger partial charge in [-0.1, -0.05) is 30.3 Å². The van der Waals surface area contributed by atoms with Gasteiger partial charge in [-0.05, 0) is 49.1 Å². The number of carboxylic acid groups (broad SMARTS) is 2. The van der Waals surface area contributed by atoms with E-state index in [-0.39, 0.29) is 41.2 Å². The minimum absolute atomic E-state index is 0.0145. The fourth-order valence-corrected chi connectivity index (χ4v) is 8.00. The second-order valence-corrected chi connectivity index (χ2v) is 14.6. The summed E-state index contributed by atoms with van der Waals surface area (Å²) in [5.74, 6) is -2.72. The molecule has 1 aliphatic rings. The Kier molecular flexibility index (Phi) is 9.45. The Morgan fingerprint density at radius 2 is 1.74 bits per heavy atom. The highest BCUT2D eigenvalue weighted by Gasteiger charge is 2.29. The van der Waals surface area contributed by atoms with Crippen LogP contribution in [0, 0.1) is 6.92 Å². The molecule has 0 atom stereocenters. The average Bonchev–Trinajstić information content (AvgIpc) is 3.24. The first-order chi connectivity index (χ1) is 19.7. The van der Waals surface area contributed by atoms with Crippen LogP contribution in [0.1, 0.15) is 33.6 Å². The number of rotatable bonds is 12. The molecule has 42 heavy (non-hydrogen) atoms. The lowest BCUT2D eigenvalue weighted by atomic mass is 10.0. The van der Waals surface area contributed by atoms with Gasteiger partial charge in [0.15, 0.2) is 11.5 Å². The molecule has 226 valence electrons. The third-order valence-electron chi connectivity index (χ3n) is 6.62. The van der Waals surface area contributed by atoms with Crippen molar-refractivity contribution in [2.24, 2.45) is 0 Å². The Bertz CT molecular complexity index is 1690. The van der Waals surface area contributed by atoms with Crippen molar-refractivity contribution < 1.29 is 41.4 Å². The van der Waals surface area contributed by atoms with Crippen LogP contribution in [0.4, 0.5) is 11.4 Å². The van der Waals surface area contributed by atoms with Crippen molar-refractivity contribution in [2.75, 3.05) is 36.0 Å². The van der Waals surface area contributed by atoms with E-state index >= 15 is 0 Å². The van der Waals surface area contributed by atoms with Gasteiger partial charge >= 0.3 is 11.9 Å². The van der Waals surface area contributed by atoms with Crippen LogP contribution in [-0.2, 0) is 30.6 Å². The van der Waals surface area contributed by atoms with Crippen LogP contribution in [0.5, 0.6) is 5.75 Å². The molecule has 4 rings (SSSR count). The average molecular weight is 638 g/mol. The summed E-state index contributed by atoms with van der Waals surface area (Å²) in [5.41, 5.74) is 2.63. The second-order valence-electron chi connectivity index (χ2n) is 9.89. The van der Waals surface area contributed by atoms with Crippen LogP contribution in [0.25, 0.3) is 10.4 Å². The zero-order valence-electron chi connectivity index (χ0n) is 22.9. The molecule has 2 heterocycles. The van der Waals surface area contributed by atoms with Crippen molar-refractivity contribution in [3.63, 3.8) is 0 Å². The monoisotopic (exact) mass is 637 g/mol. The Hall–Kier alpha value is -3.66. The summed E-state index contributed by atoms with van der Waals surface area (Å²) < 4.78 is 58.8. The number of hydrogen-bond donors (Lipinski definition) is 4. The maximum absolute atomic E-state index is 13.2. The van der Waals surface area contributed by atoms with Gasteiger partial charge in [-0.2, -0.15) is 0 Å². The zero-order valence-corrected chi connectivity index (χ0v) is 25.3. The number of thiophene rings is 1. The Morgan fingerprint density at radius 3 is 2.38 bits per heavy atom. The Morgan fingerprint density at radius 1 is 1.05 bits per heavy atom. The van der Waals surface area contributed by atoms with Crippen molar-refractivity contribution in [1.82, 2.24) is 4.31 Å². The molecule has 0 unspecified atom stereocenters. The van der Waals surface area contributed by atoms with E-state index in [9.17, 15) is 31.5 Å². The van der Waals surface area contributed by atoms with Gasteiger partial charge in [0.25, 0.3) is 0 Å². The summed E-state index contributed by atoms with van der Waals surface area (Å²) in [6, 6.07) is 13.8. The molecule has 0 radical (unpaired) electrons. The first-order valence-electron chi connectivity index (χ1n) is 12.9. The van der Waals surface area contributed by atoms with Gasteiger partial charge in [0.2, 0.25) is 20.0 Å². The van der Waals surface area contributed by atoms with Crippen molar-refractivity contribution in [1.29, 1.82) is 0 Å². The molecular formula is C27H31N3O9S3. The molecule has 1 aromatic heterocycles. The predicted molar refractivity (Wildman–Crippen MR) is 160 cm³/mol. The van der Waals surface area contributed by atoms with Crippen molar-refractivity contribution in [3.05, 3.63) is 64.5 Å². The molecule has 2 aromatic carbocycles. The standard InChI is InChI=1S/C27H31N3O9S3/c1-17-24(39-15-23(31)32)26(27(33)34)40-25(17)18-7-5-8-21(14-18)28-20-10-12-30(13-11-20)42(37,38)16-19-6-3-4-9-22(19)29-41(2,35)36/h3-9,14,20,28-29H,10-13,15-16H2,1-2H3,(H,31,32)(H,33,34). The molecule has 0 saturated carbocycles. The van der Waals surface area contributed by atoms with Crippen molar-refractivity contribution in [2.45, 2.75) is 31.6 Å². The first-order valence-corrected chi connectivity index (χ1v) is 17.2. The normalized spacial score (nSPS) is 14.8. The summed E-state index contributed by atoms with van der Waals surface area (Å²) >= 11 is 1.00. The van der Waals surface area contributed by atoms with Crippen LogP contribution in [0.2, 0.25) is 0 Å². The second kappa shape index (κ2) is 12.7. The van der Waals surface area contributed by atoms with E-state index in [0.29, 0.717) is 28.8 Å². The van der Waals surface area contributed by atoms with Gasteiger partial charge < -0.3 is 20.3 Å². The van der Waals surface area contributed by atoms with E-state index in [1.807, 2.05) is 24.3 Å². The number of para-hydroxylation sites is 1. The Balaban J connectivity index is 1.43. The molecular weight excluding hydrogens is 607 g/mol. The highest BCUT2D eigenvalue weighted by atomic mass is 32.2. The first kappa shape index (κ1) is 31.3. The van der Waals surface area contributed by atoms with Crippen LogP contribution >= 0.6 is 11.3 Å². The quantitative estimate of drug-likeness (QED) is 0.229. The number of carboxylic acids is 2. The van der Waals surface area contributed by atoms with E-state index in [1.54, 1.807) is 25.1 Å². The fourth-order valence-electron chi connectivity index (χ4n) is 4.72. The number of hydrogen-bond acceptors (Lipinski definition) is 9. The maximum Gasteiger partial charge on any atom is 0.349 e. The summed E-state index contributed by atoms with van der Waals surface area (Å²) in [5, 5.41) is 22.0. The number of ether oxygens (including phenoxy) is 1. The lowest BCUT2D eigenvalue weighted by Gasteiger charge is -2.32. The van der Waals surface area contributed by atoms with Gasteiger partial charge in [0.1, 0.15) is 5.75 Å². The number of anilines is 2. The maximum atomic E-state index is 13.2. The summed E-state index contributed by atoms with van der Waals surface area (Å²) in [7, 11) is -7.27. The van der Waals surface area contributed by atoms with Crippen molar-refractivity contribution in [3.8, 4) is 16.2 Å². The number of aliphatic carboxylic acids is 1. The summed E-state index contributed by atoms with van der Waals surface area (Å²) in [6.45, 7) is 1.61. The highest BCUT2D eigenvalue weighted by molar-refractivity contribution is 7.92. The van der Waals surface area contributed by atoms with Gasteiger partial charge in [-0.3, -0.25) is 4.72 Å². The number of benzene rings is 2. The molecule has 4 N–H and O–H groups in total. The molecule has 1 fully saturated rings. The van der Waals surface area contributed by atoms with Gasteiger partial charge in [-0.15, -0.1) is 11.3 Å². The van der Waals surface area contributed by atoms with Crippen LogP contribution in [-0.4, -0.2) is 75.3 Å². The number of nitrogens with one attached hydrogen (secondary N) is 2. The number of piperidine rings is 1. The molecule has 0 bridgehead atoms. The molecule has 1 saturated heterocycles. The summed E-state index contributed by atoms with van der Waals surface area (Å²) in [4.78, 5) is 23.3. The predicted octanol–water partition coefficient (Wildman–Crippen LogP) is 3.66. The number of carbonyl (C=O) groups is 2. The van der Waals surface area contributed by atoms with E-state index in [1.165, 1.54) is 10.4 Å². The van der Waals surface area contributed by atoms with Crippen LogP contribution < -0.4 is 14.8 Å². The number of sulfonamides is 2.